The zero-order valence-electron chi connectivity index (χ0n) is 12.4. The van der Waals surface area contributed by atoms with E-state index in [9.17, 15) is 9.90 Å². The molecule has 0 saturated carbocycles. The second-order valence-electron chi connectivity index (χ2n) is 5.95. The number of ether oxygens (including phenoxy) is 1. The second-order valence-corrected chi connectivity index (χ2v) is 5.95. The Morgan fingerprint density at radius 1 is 1.41 bits per heavy atom. The summed E-state index contributed by atoms with van der Waals surface area (Å²) in [5, 5.41) is 19.8. The first kappa shape index (κ1) is 14.7. The molecule has 0 aliphatic carbocycles. The Bertz CT molecular complexity index is 754. The van der Waals surface area contributed by atoms with Crippen LogP contribution in [0.25, 0.3) is 0 Å². The molecule has 2 aromatic rings. The molecule has 0 fully saturated rings. The van der Waals surface area contributed by atoms with E-state index in [4.69, 9.17) is 9.84 Å². The zero-order valence-corrected chi connectivity index (χ0v) is 12.4. The van der Waals surface area contributed by atoms with Gasteiger partial charge in [-0.3, -0.25) is 9.78 Å². The lowest BCUT2D eigenvalue weighted by Gasteiger charge is -2.42. The predicted octanol–water partition coefficient (Wildman–Crippen LogP) is 0.857. The minimum Gasteiger partial charge on any atom is -0.485 e. The largest absolute Gasteiger partial charge is 0.485 e. The summed E-state index contributed by atoms with van der Waals surface area (Å²) in [6, 6.07) is 4.16. The van der Waals surface area contributed by atoms with E-state index >= 15 is 0 Å². The molecule has 0 spiro atoms. The Morgan fingerprint density at radius 2 is 2.18 bits per heavy atom. The van der Waals surface area contributed by atoms with Gasteiger partial charge in [-0.25, -0.2) is 0 Å². The molecule has 0 amide bonds. The number of nitrogens with zero attached hydrogens (tertiary/aromatic N) is 2. The summed E-state index contributed by atoms with van der Waals surface area (Å²) in [5.74, 6) is 0.605. The molecule has 3 rings (SSSR count). The van der Waals surface area contributed by atoms with E-state index in [2.05, 4.69) is 4.98 Å². The van der Waals surface area contributed by atoms with Gasteiger partial charge in [-0.05, 0) is 31.5 Å². The highest BCUT2D eigenvalue weighted by atomic mass is 16.5. The fraction of sp³-hybridized carbons (Fsp3) is 0.375. The Morgan fingerprint density at radius 3 is 2.86 bits per heavy atom. The summed E-state index contributed by atoms with van der Waals surface area (Å²) in [4.78, 5) is 16.4. The number of aliphatic hydroxyl groups is 2. The molecule has 0 aromatic carbocycles. The first-order chi connectivity index (χ1) is 10.4. The molecule has 0 unspecified atom stereocenters. The van der Waals surface area contributed by atoms with Crippen molar-refractivity contribution in [3.8, 4) is 5.75 Å². The second kappa shape index (κ2) is 5.23. The molecular weight excluding hydrogens is 284 g/mol. The SMILES string of the molecule is CC1(C)Oc2ccncc2[C@@H](n2ccc(CO)cc2=O)[C@@H]1O. The van der Waals surface area contributed by atoms with E-state index in [1.54, 1.807) is 44.6 Å². The van der Waals surface area contributed by atoms with Crippen molar-refractivity contribution in [3.05, 3.63) is 58.3 Å². The molecule has 1 aliphatic heterocycles. The van der Waals surface area contributed by atoms with Gasteiger partial charge in [0.25, 0.3) is 5.56 Å². The number of fused-ring (bicyclic) bond motifs is 1. The van der Waals surface area contributed by atoms with Crippen molar-refractivity contribution in [3.63, 3.8) is 0 Å². The molecular formula is C16H18N2O4. The lowest BCUT2D eigenvalue weighted by Crippen LogP contribution is -2.52. The zero-order chi connectivity index (χ0) is 15.9. The van der Waals surface area contributed by atoms with Crippen molar-refractivity contribution in [2.45, 2.75) is 38.2 Å². The molecule has 6 nitrogen and oxygen atoms in total. The van der Waals surface area contributed by atoms with Gasteiger partial charge in [0.2, 0.25) is 0 Å². The fourth-order valence-corrected chi connectivity index (χ4v) is 2.76. The first-order valence-corrected chi connectivity index (χ1v) is 7.07. The molecule has 2 N–H and O–H groups in total. The van der Waals surface area contributed by atoms with Gasteiger partial charge >= 0.3 is 0 Å². The maximum atomic E-state index is 12.3. The summed E-state index contributed by atoms with van der Waals surface area (Å²) < 4.78 is 7.28. The van der Waals surface area contributed by atoms with Gasteiger partial charge in [-0.2, -0.15) is 0 Å². The maximum absolute atomic E-state index is 12.3. The fourth-order valence-electron chi connectivity index (χ4n) is 2.76. The van der Waals surface area contributed by atoms with Crippen LogP contribution in [-0.2, 0) is 6.61 Å². The lowest BCUT2D eigenvalue weighted by atomic mass is 9.87. The van der Waals surface area contributed by atoms with Gasteiger partial charge < -0.3 is 19.5 Å². The van der Waals surface area contributed by atoms with Crippen LogP contribution in [-0.4, -0.2) is 31.5 Å². The lowest BCUT2D eigenvalue weighted by molar-refractivity contribution is -0.0644. The van der Waals surface area contributed by atoms with Crippen LogP contribution in [0.15, 0.2) is 41.6 Å². The third-order valence-electron chi connectivity index (χ3n) is 4.01. The van der Waals surface area contributed by atoms with Gasteiger partial charge in [0, 0.05) is 30.2 Å². The van der Waals surface area contributed by atoms with E-state index in [0.717, 1.165) is 0 Å². The van der Waals surface area contributed by atoms with E-state index in [0.29, 0.717) is 16.9 Å². The van der Waals surface area contributed by atoms with Crippen LogP contribution in [0.2, 0.25) is 0 Å². The topological polar surface area (TPSA) is 84.6 Å². The number of aromatic nitrogens is 2. The standard InChI is InChI=1S/C16H18N2O4/c1-16(2)15(21)14(11-8-17-5-3-12(11)22-16)18-6-4-10(9-19)7-13(18)20/h3-8,14-15,19,21H,9H2,1-2H3/t14-,15+/m1/s1. The molecule has 2 aromatic heterocycles. The molecule has 116 valence electrons. The van der Waals surface area contributed by atoms with E-state index in [1.165, 1.54) is 10.6 Å². The molecule has 3 heterocycles. The normalized spacial score (nSPS) is 22.7. The minimum absolute atomic E-state index is 0.198. The Kier molecular flexibility index (Phi) is 3.50. The molecule has 1 aliphatic rings. The van der Waals surface area contributed by atoms with Crippen molar-refractivity contribution < 1.29 is 14.9 Å². The van der Waals surface area contributed by atoms with Crippen molar-refractivity contribution in [1.82, 2.24) is 9.55 Å². The third-order valence-corrected chi connectivity index (χ3v) is 4.01. The average Bonchev–Trinajstić information content (AvgIpc) is 2.49. The van der Waals surface area contributed by atoms with Crippen LogP contribution in [0.1, 0.15) is 31.0 Å². The Hall–Kier alpha value is -2.18. The van der Waals surface area contributed by atoms with Crippen LogP contribution in [0, 0.1) is 0 Å². The van der Waals surface area contributed by atoms with Gasteiger partial charge in [-0.1, -0.05) is 0 Å². The van der Waals surface area contributed by atoms with Crippen LogP contribution in [0.3, 0.4) is 0 Å². The van der Waals surface area contributed by atoms with E-state index in [1.807, 2.05) is 0 Å². The number of pyridine rings is 2. The summed E-state index contributed by atoms with van der Waals surface area (Å²) >= 11 is 0. The predicted molar refractivity (Wildman–Crippen MR) is 79.7 cm³/mol. The molecule has 22 heavy (non-hydrogen) atoms. The maximum Gasteiger partial charge on any atom is 0.251 e. The minimum atomic E-state index is -0.915. The average molecular weight is 302 g/mol. The van der Waals surface area contributed by atoms with Crippen LogP contribution >= 0.6 is 0 Å². The summed E-state index contributed by atoms with van der Waals surface area (Å²) in [5.41, 5.74) is 0.0680. The van der Waals surface area contributed by atoms with Crippen LogP contribution in [0.5, 0.6) is 5.75 Å². The number of rotatable bonds is 2. The highest BCUT2D eigenvalue weighted by Gasteiger charge is 2.44. The molecule has 6 heteroatoms. The monoisotopic (exact) mass is 302 g/mol. The smallest absolute Gasteiger partial charge is 0.251 e. The molecule has 2 atom stereocenters. The Labute approximate surface area is 127 Å². The van der Waals surface area contributed by atoms with Gasteiger partial charge in [0.05, 0.1) is 12.6 Å². The van der Waals surface area contributed by atoms with E-state index in [-0.39, 0.29) is 12.2 Å². The van der Waals surface area contributed by atoms with Gasteiger partial charge in [0.15, 0.2) is 0 Å². The molecule has 0 saturated heterocycles. The van der Waals surface area contributed by atoms with Crippen molar-refractivity contribution in [2.75, 3.05) is 0 Å². The van der Waals surface area contributed by atoms with Gasteiger partial charge in [-0.15, -0.1) is 0 Å². The van der Waals surface area contributed by atoms with Crippen molar-refractivity contribution >= 4 is 0 Å². The van der Waals surface area contributed by atoms with Crippen molar-refractivity contribution in [1.29, 1.82) is 0 Å². The van der Waals surface area contributed by atoms with Crippen molar-refractivity contribution in [2.24, 2.45) is 0 Å². The van der Waals surface area contributed by atoms with Crippen LogP contribution < -0.4 is 10.3 Å². The first-order valence-electron chi connectivity index (χ1n) is 7.07. The number of hydrogen-bond donors (Lipinski definition) is 2. The summed E-state index contributed by atoms with van der Waals surface area (Å²) in [6.45, 7) is 3.36. The number of aliphatic hydroxyl groups excluding tert-OH is 2. The summed E-state index contributed by atoms with van der Waals surface area (Å²) in [6.07, 6.45) is 3.88. The number of hydrogen-bond acceptors (Lipinski definition) is 5. The third kappa shape index (κ3) is 2.30. The summed E-state index contributed by atoms with van der Waals surface area (Å²) in [7, 11) is 0. The van der Waals surface area contributed by atoms with E-state index < -0.39 is 17.7 Å². The Balaban J connectivity index is 2.18. The quantitative estimate of drug-likeness (QED) is 0.859. The molecule has 0 radical (unpaired) electrons. The molecule has 0 bridgehead atoms. The highest BCUT2D eigenvalue weighted by molar-refractivity contribution is 5.38. The van der Waals surface area contributed by atoms with Gasteiger partial charge in [0.1, 0.15) is 17.5 Å². The highest BCUT2D eigenvalue weighted by Crippen LogP contribution is 2.40. The van der Waals surface area contributed by atoms with Crippen LogP contribution in [0.4, 0.5) is 0 Å².